The Kier molecular flexibility index (Phi) is 3.89. The Labute approximate surface area is 146 Å². The second-order valence-corrected chi connectivity index (χ2v) is 8.36. The number of nitrogens with one attached hydrogen (secondary N) is 2. The van der Waals surface area contributed by atoms with Gasteiger partial charge in [-0.15, -0.1) is 0 Å². The minimum Gasteiger partial charge on any atom is -0.358 e. The lowest BCUT2D eigenvalue weighted by molar-refractivity contribution is 0.506. The Hall–Kier alpha value is -2.18. The van der Waals surface area contributed by atoms with Crippen LogP contribution in [0.1, 0.15) is 23.2 Å². The van der Waals surface area contributed by atoms with Gasteiger partial charge in [0.15, 0.2) is 0 Å². The van der Waals surface area contributed by atoms with E-state index in [-0.39, 0.29) is 16.8 Å². The number of H-pyrrole nitrogens is 1. The van der Waals surface area contributed by atoms with Gasteiger partial charge in [-0.3, -0.25) is 0 Å². The molecule has 3 aromatic rings. The van der Waals surface area contributed by atoms with Gasteiger partial charge in [0.25, 0.3) is 0 Å². The lowest BCUT2D eigenvalue weighted by atomic mass is 9.92. The van der Waals surface area contributed by atoms with E-state index in [2.05, 4.69) is 9.71 Å². The first-order chi connectivity index (χ1) is 11.9. The highest BCUT2D eigenvalue weighted by molar-refractivity contribution is 7.89. The lowest BCUT2D eigenvalue weighted by Crippen LogP contribution is -2.38. The van der Waals surface area contributed by atoms with Gasteiger partial charge < -0.3 is 4.98 Å². The summed E-state index contributed by atoms with van der Waals surface area (Å²) in [4.78, 5) is 3.59. The second-order valence-electron chi connectivity index (χ2n) is 6.65. The van der Waals surface area contributed by atoms with Crippen LogP contribution in [0.3, 0.4) is 0 Å². The third-order valence-electron chi connectivity index (χ3n) is 4.80. The van der Waals surface area contributed by atoms with E-state index >= 15 is 0 Å². The molecule has 130 valence electrons. The van der Waals surface area contributed by atoms with Crippen LogP contribution in [-0.2, 0) is 22.9 Å². The number of aromatic nitrogens is 1. The lowest BCUT2D eigenvalue weighted by Gasteiger charge is -2.23. The number of fused-ring (bicyclic) bond motifs is 3. The average Bonchev–Trinajstić information content (AvgIpc) is 2.92. The van der Waals surface area contributed by atoms with Gasteiger partial charge in [-0.2, -0.15) is 0 Å². The summed E-state index contributed by atoms with van der Waals surface area (Å²) in [5.41, 5.74) is 4.00. The highest BCUT2D eigenvalue weighted by atomic mass is 32.2. The van der Waals surface area contributed by atoms with Gasteiger partial charge in [-0.25, -0.2) is 17.5 Å². The van der Waals surface area contributed by atoms with Crippen molar-refractivity contribution in [2.45, 2.75) is 37.1 Å². The zero-order valence-corrected chi connectivity index (χ0v) is 14.7. The first-order valence-corrected chi connectivity index (χ1v) is 9.79. The SMILES string of the molecule is Cc1ccc(S(=O)(=O)NC2CCc3[nH]c4ccc(F)cc4c3C2)cc1. The van der Waals surface area contributed by atoms with E-state index in [1.165, 1.54) is 12.1 Å². The van der Waals surface area contributed by atoms with Crippen molar-refractivity contribution in [3.05, 3.63) is 65.1 Å². The molecule has 0 spiro atoms. The van der Waals surface area contributed by atoms with Crippen LogP contribution in [0.25, 0.3) is 10.9 Å². The van der Waals surface area contributed by atoms with E-state index in [1.54, 1.807) is 30.3 Å². The van der Waals surface area contributed by atoms with Crippen LogP contribution in [0.2, 0.25) is 0 Å². The summed E-state index contributed by atoms with van der Waals surface area (Å²) in [7, 11) is -3.56. The molecule has 0 saturated heterocycles. The van der Waals surface area contributed by atoms with Crippen molar-refractivity contribution in [3.8, 4) is 0 Å². The molecule has 0 fully saturated rings. The van der Waals surface area contributed by atoms with E-state index in [0.29, 0.717) is 12.8 Å². The van der Waals surface area contributed by atoms with E-state index < -0.39 is 10.0 Å². The molecule has 25 heavy (non-hydrogen) atoms. The predicted octanol–water partition coefficient (Wildman–Crippen LogP) is 3.45. The number of sulfonamides is 1. The molecule has 2 aromatic carbocycles. The molecule has 1 aromatic heterocycles. The molecule has 6 heteroatoms. The van der Waals surface area contributed by atoms with Gasteiger partial charge in [0.1, 0.15) is 5.82 Å². The predicted molar refractivity (Wildman–Crippen MR) is 95.6 cm³/mol. The molecule has 1 aliphatic carbocycles. The molecule has 0 bridgehead atoms. The molecule has 0 amide bonds. The fourth-order valence-electron chi connectivity index (χ4n) is 3.49. The molecule has 4 rings (SSSR count). The summed E-state index contributed by atoms with van der Waals surface area (Å²) < 4.78 is 41.6. The number of rotatable bonds is 3. The number of aromatic amines is 1. The van der Waals surface area contributed by atoms with Crippen LogP contribution >= 0.6 is 0 Å². The molecule has 1 aliphatic rings. The van der Waals surface area contributed by atoms with Crippen molar-refractivity contribution in [3.63, 3.8) is 0 Å². The first-order valence-electron chi connectivity index (χ1n) is 8.30. The van der Waals surface area contributed by atoms with Gasteiger partial charge in [0, 0.05) is 22.6 Å². The fourth-order valence-corrected chi connectivity index (χ4v) is 4.77. The van der Waals surface area contributed by atoms with Gasteiger partial charge in [0.05, 0.1) is 4.90 Å². The van der Waals surface area contributed by atoms with Crippen molar-refractivity contribution >= 4 is 20.9 Å². The topological polar surface area (TPSA) is 62.0 Å². The van der Waals surface area contributed by atoms with Crippen molar-refractivity contribution in [2.75, 3.05) is 0 Å². The van der Waals surface area contributed by atoms with Gasteiger partial charge in [-0.05, 0) is 62.1 Å². The maximum absolute atomic E-state index is 13.6. The maximum Gasteiger partial charge on any atom is 0.240 e. The average molecular weight is 358 g/mol. The number of benzene rings is 2. The monoisotopic (exact) mass is 358 g/mol. The molecular formula is C19H19FN2O2S. The van der Waals surface area contributed by atoms with E-state index in [4.69, 9.17) is 0 Å². The van der Waals surface area contributed by atoms with E-state index in [0.717, 1.165) is 34.1 Å². The van der Waals surface area contributed by atoms with Gasteiger partial charge in [-0.1, -0.05) is 17.7 Å². The van der Waals surface area contributed by atoms with Crippen molar-refractivity contribution in [2.24, 2.45) is 0 Å². The van der Waals surface area contributed by atoms with Crippen LogP contribution in [0.15, 0.2) is 47.4 Å². The molecular weight excluding hydrogens is 339 g/mol. The molecule has 0 saturated carbocycles. The largest absolute Gasteiger partial charge is 0.358 e. The number of hydrogen-bond donors (Lipinski definition) is 2. The standard InChI is InChI=1S/C19H19FN2O2S/c1-12-2-6-15(7-3-12)25(23,24)22-14-5-9-19-17(11-14)16-10-13(20)4-8-18(16)21-19/h2-4,6-8,10,14,21-22H,5,9,11H2,1H3. The summed E-state index contributed by atoms with van der Waals surface area (Å²) in [6.45, 7) is 1.92. The van der Waals surface area contributed by atoms with Crippen molar-refractivity contribution < 1.29 is 12.8 Å². The molecule has 2 N–H and O–H groups in total. The Bertz CT molecular complexity index is 1040. The smallest absolute Gasteiger partial charge is 0.240 e. The Balaban J connectivity index is 1.61. The van der Waals surface area contributed by atoms with E-state index in [9.17, 15) is 12.8 Å². The third-order valence-corrected chi connectivity index (χ3v) is 6.34. The number of aryl methyl sites for hydroxylation is 2. The summed E-state index contributed by atoms with van der Waals surface area (Å²) in [5.74, 6) is -0.281. The highest BCUT2D eigenvalue weighted by Gasteiger charge is 2.26. The van der Waals surface area contributed by atoms with Crippen LogP contribution < -0.4 is 4.72 Å². The van der Waals surface area contributed by atoms with Gasteiger partial charge in [0.2, 0.25) is 10.0 Å². The Morgan fingerprint density at radius 2 is 1.92 bits per heavy atom. The number of hydrogen-bond acceptors (Lipinski definition) is 2. The van der Waals surface area contributed by atoms with Gasteiger partial charge >= 0.3 is 0 Å². The van der Waals surface area contributed by atoms with Crippen LogP contribution in [-0.4, -0.2) is 19.4 Å². The first kappa shape index (κ1) is 16.3. The molecule has 1 heterocycles. The summed E-state index contributed by atoms with van der Waals surface area (Å²) in [6, 6.07) is 11.3. The van der Waals surface area contributed by atoms with Crippen LogP contribution in [0.5, 0.6) is 0 Å². The zero-order chi connectivity index (χ0) is 17.6. The summed E-state index contributed by atoms with van der Waals surface area (Å²) >= 11 is 0. The zero-order valence-electron chi connectivity index (χ0n) is 13.8. The van der Waals surface area contributed by atoms with Crippen molar-refractivity contribution in [1.82, 2.24) is 9.71 Å². The molecule has 4 nitrogen and oxygen atoms in total. The maximum atomic E-state index is 13.6. The quantitative estimate of drug-likeness (QED) is 0.753. The summed E-state index contributed by atoms with van der Waals surface area (Å²) in [5, 5.41) is 0.842. The minimum absolute atomic E-state index is 0.193. The summed E-state index contributed by atoms with van der Waals surface area (Å²) in [6.07, 6.45) is 2.02. The third kappa shape index (κ3) is 3.07. The Morgan fingerprint density at radius 3 is 2.68 bits per heavy atom. The van der Waals surface area contributed by atoms with E-state index in [1.807, 2.05) is 6.92 Å². The molecule has 1 atom stereocenters. The Morgan fingerprint density at radius 1 is 1.16 bits per heavy atom. The highest BCUT2D eigenvalue weighted by Crippen LogP contribution is 2.30. The molecule has 0 aliphatic heterocycles. The minimum atomic E-state index is -3.56. The number of halogens is 1. The fraction of sp³-hybridized carbons (Fsp3) is 0.263. The normalized spacial score (nSPS) is 17.6. The van der Waals surface area contributed by atoms with Crippen LogP contribution in [0.4, 0.5) is 4.39 Å². The second kappa shape index (κ2) is 5.97. The van der Waals surface area contributed by atoms with Crippen LogP contribution in [0, 0.1) is 12.7 Å². The molecule has 1 unspecified atom stereocenters. The van der Waals surface area contributed by atoms with Crippen molar-refractivity contribution in [1.29, 1.82) is 0 Å². The molecule has 0 radical (unpaired) electrons.